The maximum absolute atomic E-state index is 12.8. The summed E-state index contributed by atoms with van der Waals surface area (Å²) < 4.78 is 38.4. The molecule has 2 atom stereocenters. The molecule has 1 saturated heterocycles. The van der Waals surface area contributed by atoms with Crippen LogP contribution in [0.4, 0.5) is 4.39 Å². The second kappa shape index (κ2) is 4.93. The van der Waals surface area contributed by atoms with Gasteiger partial charge in [-0.15, -0.1) is 0 Å². The third-order valence-corrected chi connectivity index (χ3v) is 5.01. The molecular formula is C11H15FN2O3S. The van der Waals surface area contributed by atoms with Crippen LogP contribution in [0, 0.1) is 5.82 Å². The van der Waals surface area contributed by atoms with Crippen molar-refractivity contribution >= 4 is 10.0 Å². The van der Waals surface area contributed by atoms with Gasteiger partial charge in [0.25, 0.3) is 0 Å². The number of rotatable bonds is 3. The number of halogens is 1. The molecule has 18 heavy (non-hydrogen) atoms. The smallest absolute Gasteiger partial charge is 0.243 e. The first-order valence-electron chi connectivity index (χ1n) is 5.55. The first-order valence-corrected chi connectivity index (χ1v) is 6.99. The lowest BCUT2D eigenvalue weighted by Gasteiger charge is -2.25. The van der Waals surface area contributed by atoms with Crippen LogP contribution in [-0.4, -0.2) is 50.1 Å². The zero-order valence-corrected chi connectivity index (χ0v) is 10.7. The molecule has 1 fully saturated rings. The molecule has 0 aromatic heterocycles. The standard InChI is InChI=1S/C11H15FN2O3S/c1-14(10-6-13-7-11(10)15)18(16,17)9-4-2-8(12)3-5-9/h2-5,10-11,13,15H,6-7H2,1H3/t10-,11-/m1/s1. The Labute approximate surface area is 105 Å². The monoisotopic (exact) mass is 274 g/mol. The van der Waals surface area contributed by atoms with Crippen molar-refractivity contribution in [1.82, 2.24) is 9.62 Å². The fourth-order valence-corrected chi connectivity index (χ4v) is 3.36. The molecule has 0 radical (unpaired) electrons. The van der Waals surface area contributed by atoms with E-state index in [4.69, 9.17) is 0 Å². The molecule has 100 valence electrons. The first kappa shape index (κ1) is 13.4. The molecule has 2 N–H and O–H groups in total. The molecule has 1 aliphatic rings. The van der Waals surface area contributed by atoms with Gasteiger partial charge in [-0.05, 0) is 24.3 Å². The average molecular weight is 274 g/mol. The number of aliphatic hydroxyl groups is 1. The summed E-state index contributed by atoms with van der Waals surface area (Å²) in [5.74, 6) is -0.487. The van der Waals surface area contributed by atoms with Crippen LogP contribution in [0.5, 0.6) is 0 Å². The van der Waals surface area contributed by atoms with Crippen LogP contribution in [0.3, 0.4) is 0 Å². The Morgan fingerprint density at radius 1 is 1.33 bits per heavy atom. The summed E-state index contributed by atoms with van der Waals surface area (Å²) in [4.78, 5) is 0.0190. The fraction of sp³-hybridized carbons (Fsp3) is 0.455. The third kappa shape index (κ3) is 2.39. The molecule has 1 aromatic rings. The van der Waals surface area contributed by atoms with Crippen molar-refractivity contribution < 1.29 is 17.9 Å². The molecule has 7 heteroatoms. The molecule has 0 bridgehead atoms. The molecule has 1 heterocycles. The summed E-state index contributed by atoms with van der Waals surface area (Å²) in [6.07, 6.45) is -0.731. The molecular weight excluding hydrogens is 259 g/mol. The van der Waals surface area contributed by atoms with Crippen LogP contribution in [0.1, 0.15) is 0 Å². The highest BCUT2D eigenvalue weighted by molar-refractivity contribution is 7.89. The predicted molar refractivity (Wildman–Crippen MR) is 64.0 cm³/mol. The van der Waals surface area contributed by atoms with Crippen LogP contribution < -0.4 is 5.32 Å². The van der Waals surface area contributed by atoms with E-state index in [1.807, 2.05) is 0 Å². The summed E-state index contributed by atoms with van der Waals surface area (Å²) >= 11 is 0. The van der Waals surface area contributed by atoms with E-state index in [2.05, 4.69) is 5.32 Å². The van der Waals surface area contributed by atoms with Crippen molar-refractivity contribution in [2.75, 3.05) is 20.1 Å². The molecule has 2 rings (SSSR count). The van der Waals surface area contributed by atoms with Gasteiger partial charge in [0.15, 0.2) is 0 Å². The van der Waals surface area contributed by atoms with Crippen LogP contribution in [0.25, 0.3) is 0 Å². The van der Waals surface area contributed by atoms with Crippen molar-refractivity contribution in [3.05, 3.63) is 30.1 Å². The maximum atomic E-state index is 12.8. The van der Waals surface area contributed by atoms with Gasteiger partial charge in [-0.1, -0.05) is 0 Å². The van der Waals surface area contributed by atoms with E-state index in [1.165, 1.54) is 19.2 Å². The van der Waals surface area contributed by atoms with Crippen LogP contribution in [0.2, 0.25) is 0 Å². The summed E-state index contributed by atoms with van der Waals surface area (Å²) in [5.41, 5.74) is 0. The van der Waals surface area contributed by atoms with Crippen LogP contribution >= 0.6 is 0 Å². The number of hydrogen-bond acceptors (Lipinski definition) is 4. The SMILES string of the molecule is CN([C@@H]1CNC[C@H]1O)S(=O)(=O)c1ccc(F)cc1. The molecule has 0 aliphatic carbocycles. The molecule has 0 amide bonds. The Hall–Kier alpha value is -1.02. The predicted octanol–water partition coefficient (Wildman–Crippen LogP) is -0.221. The Balaban J connectivity index is 2.28. The van der Waals surface area contributed by atoms with E-state index in [1.54, 1.807) is 0 Å². The zero-order chi connectivity index (χ0) is 13.3. The van der Waals surface area contributed by atoms with Crippen molar-refractivity contribution in [3.8, 4) is 0 Å². The summed E-state index contributed by atoms with van der Waals surface area (Å²) in [6.45, 7) is 0.770. The lowest BCUT2D eigenvalue weighted by molar-refractivity contribution is 0.136. The lowest BCUT2D eigenvalue weighted by atomic mass is 10.2. The number of nitrogens with one attached hydrogen (secondary N) is 1. The van der Waals surface area contributed by atoms with Gasteiger partial charge in [0.1, 0.15) is 5.82 Å². The number of benzene rings is 1. The van der Waals surface area contributed by atoms with Gasteiger partial charge in [0.2, 0.25) is 10.0 Å². The number of nitrogens with zero attached hydrogens (tertiary/aromatic N) is 1. The molecule has 5 nitrogen and oxygen atoms in total. The Morgan fingerprint density at radius 2 is 1.94 bits per heavy atom. The second-order valence-corrected chi connectivity index (χ2v) is 6.27. The molecule has 1 aromatic carbocycles. The maximum Gasteiger partial charge on any atom is 0.243 e. The van der Waals surface area contributed by atoms with Gasteiger partial charge in [-0.2, -0.15) is 4.31 Å². The number of β-amino-alcohol motifs (C(OH)–C–C–N with tert-alkyl or cyclic N) is 1. The topological polar surface area (TPSA) is 69.6 Å². The third-order valence-electron chi connectivity index (χ3n) is 3.11. The summed E-state index contributed by atoms with van der Waals surface area (Å²) in [5, 5.41) is 12.6. The highest BCUT2D eigenvalue weighted by Gasteiger charge is 2.35. The van der Waals surface area contributed by atoms with Crippen molar-refractivity contribution in [3.63, 3.8) is 0 Å². The van der Waals surface area contributed by atoms with E-state index in [9.17, 15) is 17.9 Å². The van der Waals surface area contributed by atoms with Crippen molar-refractivity contribution in [2.45, 2.75) is 17.0 Å². The van der Waals surface area contributed by atoms with Crippen molar-refractivity contribution in [2.24, 2.45) is 0 Å². The fourth-order valence-electron chi connectivity index (χ4n) is 1.97. The van der Waals surface area contributed by atoms with Crippen molar-refractivity contribution in [1.29, 1.82) is 0 Å². The number of sulfonamides is 1. The summed E-state index contributed by atoms with van der Waals surface area (Å²) in [7, 11) is -2.29. The van der Waals surface area contributed by atoms with E-state index >= 15 is 0 Å². The second-order valence-electron chi connectivity index (χ2n) is 4.27. The van der Waals surface area contributed by atoms with Gasteiger partial charge in [-0.3, -0.25) is 0 Å². The van der Waals surface area contributed by atoms with Crippen LogP contribution in [0.15, 0.2) is 29.2 Å². The van der Waals surface area contributed by atoms with Gasteiger partial charge in [0.05, 0.1) is 17.0 Å². The Bertz CT molecular complexity index is 518. The number of hydrogen-bond donors (Lipinski definition) is 2. The quantitative estimate of drug-likeness (QED) is 0.799. The van der Waals surface area contributed by atoms with Crippen LogP contribution in [-0.2, 0) is 10.0 Å². The molecule has 0 unspecified atom stereocenters. The largest absolute Gasteiger partial charge is 0.390 e. The highest BCUT2D eigenvalue weighted by atomic mass is 32.2. The number of likely N-dealkylation sites (N-methyl/N-ethyl adjacent to an activating group) is 1. The highest BCUT2D eigenvalue weighted by Crippen LogP contribution is 2.19. The van der Waals surface area contributed by atoms with E-state index < -0.39 is 28.0 Å². The van der Waals surface area contributed by atoms with E-state index in [0.717, 1.165) is 16.4 Å². The van der Waals surface area contributed by atoms with E-state index in [-0.39, 0.29) is 4.90 Å². The lowest BCUT2D eigenvalue weighted by Crippen LogP contribution is -2.44. The average Bonchev–Trinajstić information content (AvgIpc) is 2.75. The van der Waals surface area contributed by atoms with Gasteiger partial charge in [0, 0.05) is 20.1 Å². The Kier molecular flexibility index (Phi) is 3.67. The number of aliphatic hydroxyl groups excluding tert-OH is 1. The molecule has 1 aliphatic heterocycles. The first-order chi connectivity index (χ1) is 8.43. The Morgan fingerprint density at radius 3 is 2.44 bits per heavy atom. The van der Waals surface area contributed by atoms with Gasteiger partial charge < -0.3 is 10.4 Å². The summed E-state index contributed by atoms with van der Waals surface area (Å²) in [6, 6.07) is 4.14. The molecule has 0 spiro atoms. The zero-order valence-electron chi connectivity index (χ0n) is 9.88. The molecule has 0 saturated carbocycles. The van der Waals surface area contributed by atoms with Gasteiger partial charge >= 0.3 is 0 Å². The van der Waals surface area contributed by atoms with Gasteiger partial charge in [-0.25, -0.2) is 12.8 Å². The normalized spacial score (nSPS) is 24.7. The minimum Gasteiger partial charge on any atom is -0.390 e. The minimum absolute atomic E-state index is 0.0190. The minimum atomic E-state index is -3.71. The van der Waals surface area contributed by atoms with E-state index in [0.29, 0.717) is 13.1 Å².